The first-order chi connectivity index (χ1) is 29.7. The Labute approximate surface area is 366 Å². The average molecular weight is 886 g/mol. The summed E-state index contributed by atoms with van der Waals surface area (Å²) in [6.45, 7) is 5.61. The normalized spacial score (nSPS) is 17.8. The van der Waals surface area contributed by atoms with Crippen LogP contribution in [0.25, 0.3) is 11.1 Å². The Kier molecular flexibility index (Phi) is 19.6. The molecule has 2 aromatic carbocycles. The largest absolute Gasteiger partial charge is 0.507 e. The summed E-state index contributed by atoms with van der Waals surface area (Å²) in [6.07, 6.45) is 8.01. The number of carboxylic acids is 1. The van der Waals surface area contributed by atoms with E-state index in [9.17, 15) is 64.4 Å². The van der Waals surface area contributed by atoms with Crippen molar-refractivity contribution in [2.24, 2.45) is 5.92 Å². The van der Waals surface area contributed by atoms with E-state index in [1.807, 2.05) is 0 Å². The fourth-order valence-electron chi connectivity index (χ4n) is 7.11. The number of nitrogens with zero attached hydrogens (tertiary/aromatic N) is 3. The summed E-state index contributed by atoms with van der Waals surface area (Å²) in [5, 5.41) is 70.8. The zero-order valence-electron chi connectivity index (χ0n) is 36.7. The highest BCUT2D eigenvalue weighted by atomic mass is 16.8. The van der Waals surface area contributed by atoms with Gasteiger partial charge in [0.15, 0.2) is 5.75 Å². The molecule has 0 aliphatic carbocycles. The summed E-state index contributed by atoms with van der Waals surface area (Å²) in [5.41, 5.74) is -0.918. The van der Waals surface area contributed by atoms with Crippen LogP contribution in [-0.4, -0.2) is 133 Å². The number of aliphatic hydroxyl groups is 1. The third-order valence-electron chi connectivity index (χ3n) is 11.4. The second kappa shape index (κ2) is 24.0. The van der Waals surface area contributed by atoms with Gasteiger partial charge in [-0.15, -0.1) is 5.23 Å². The maximum Gasteiger partial charge on any atom is 0.326 e. The number of unbranched alkanes of at least 4 members (excludes halogenated alkanes) is 5. The maximum atomic E-state index is 13.9. The van der Waals surface area contributed by atoms with E-state index in [0.717, 1.165) is 53.5 Å². The van der Waals surface area contributed by atoms with E-state index in [-0.39, 0.29) is 34.6 Å². The van der Waals surface area contributed by atoms with Crippen LogP contribution < -0.4 is 26.5 Å². The quantitative estimate of drug-likeness (QED) is 0.0673. The number of nitrogens with one attached hydrogen (secondary N) is 4. The number of anilines is 1. The molecule has 6 atom stereocenters. The van der Waals surface area contributed by atoms with Gasteiger partial charge in [-0.3, -0.25) is 39.2 Å². The van der Waals surface area contributed by atoms with E-state index < -0.39 is 108 Å². The number of rotatable bonds is 20. The summed E-state index contributed by atoms with van der Waals surface area (Å²) >= 11 is 0. The molecular weight excluding hydrogens is 823 g/mol. The van der Waals surface area contributed by atoms with Crippen molar-refractivity contribution in [1.82, 2.24) is 31.1 Å². The van der Waals surface area contributed by atoms with Crippen molar-refractivity contribution < 1.29 is 64.4 Å². The van der Waals surface area contributed by atoms with Gasteiger partial charge in [-0.1, -0.05) is 64.9 Å². The molecular formula is C43H63N7O13. The van der Waals surface area contributed by atoms with Crippen LogP contribution in [0.4, 0.5) is 5.69 Å². The summed E-state index contributed by atoms with van der Waals surface area (Å²) in [4.78, 5) is 94.1. The lowest BCUT2D eigenvalue weighted by Crippen LogP contribution is -2.55. The number of fused-ring (bicyclic) bond motifs is 5. The number of carboxylic acid groups (broad SMARTS) is 1. The van der Waals surface area contributed by atoms with E-state index >= 15 is 0 Å². The number of benzene rings is 2. The number of phenolic OH excluding ortho intramolecular Hbond substituents is 2. The molecule has 3 unspecified atom stereocenters. The summed E-state index contributed by atoms with van der Waals surface area (Å²) in [6, 6.07) is -1.15. The van der Waals surface area contributed by atoms with Crippen molar-refractivity contribution in [3.63, 3.8) is 0 Å². The Balaban J connectivity index is 1.75. The van der Waals surface area contributed by atoms with Crippen molar-refractivity contribution >= 4 is 47.1 Å². The number of likely N-dealkylation sites (N-methyl/N-ethyl adjacent to an activating group) is 2. The number of phenols is 2. The summed E-state index contributed by atoms with van der Waals surface area (Å²) in [5.74, 6) is -6.69. The molecule has 0 saturated carbocycles. The average Bonchev–Trinajstić information content (AvgIpc) is 3.23. The Morgan fingerprint density at radius 2 is 1.51 bits per heavy atom. The van der Waals surface area contributed by atoms with Gasteiger partial charge < -0.3 is 51.5 Å². The Morgan fingerprint density at radius 1 is 0.857 bits per heavy atom. The molecule has 0 fully saturated rings. The highest BCUT2D eigenvalue weighted by Crippen LogP contribution is 2.43. The molecule has 20 heteroatoms. The lowest BCUT2D eigenvalue weighted by atomic mass is 9.93. The first kappa shape index (κ1) is 51.4. The fourth-order valence-corrected chi connectivity index (χ4v) is 7.11. The van der Waals surface area contributed by atoms with E-state index in [2.05, 4.69) is 35.1 Å². The molecule has 1 aliphatic heterocycles. The number of aliphatic hydroxyl groups excluding tert-OH is 1. The number of amides is 6. The zero-order valence-corrected chi connectivity index (χ0v) is 36.7. The van der Waals surface area contributed by atoms with E-state index in [1.165, 1.54) is 65.4 Å². The third-order valence-corrected chi connectivity index (χ3v) is 11.4. The molecule has 0 aromatic heterocycles. The summed E-state index contributed by atoms with van der Waals surface area (Å²) in [7, 11) is 2.61. The van der Waals surface area contributed by atoms with Crippen LogP contribution in [-0.2, 0) is 40.0 Å². The third kappa shape index (κ3) is 14.3. The van der Waals surface area contributed by atoms with Gasteiger partial charge in [-0.25, -0.2) is 4.79 Å². The Bertz CT molecular complexity index is 1960. The number of aliphatic carboxylic acids is 1. The lowest BCUT2D eigenvalue weighted by molar-refractivity contribution is -0.143. The molecule has 0 radical (unpaired) electrons. The fraction of sp³-hybridized carbons (Fsp3) is 0.558. The van der Waals surface area contributed by atoms with Crippen molar-refractivity contribution in [1.29, 1.82) is 0 Å². The van der Waals surface area contributed by atoms with Gasteiger partial charge in [0.05, 0.1) is 13.2 Å². The van der Waals surface area contributed by atoms with Gasteiger partial charge in [0.2, 0.25) is 35.4 Å². The first-order valence-corrected chi connectivity index (χ1v) is 21.1. The minimum atomic E-state index is -1.61. The molecule has 10 N–H and O–H groups in total. The number of hydrogen-bond donors (Lipinski definition) is 10. The molecule has 0 spiro atoms. The van der Waals surface area contributed by atoms with Crippen molar-refractivity contribution in [2.45, 2.75) is 122 Å². The number of hydrogen-bond acceptors (Lipinski definition) is 13. The topological polar surface area (TPSA) is 299 Å². The molecule has 2 aromatic rings. The lowest BCUT2D eigenvalue weighted by Gasteiger charge is -2.30. The van der Waals surface area contributed by atoms with Crippen LogP contribution in [0.1, 0.15) is 103 Å². The Hall–Kier alpha value is -5.99. The van der Waals surface area contributed by atoms with Crippen molar-refractivity contribution in [3.05, 3.63) is 41.5 Å². The van der Waals surface area contributed by atoms with Crippen LogP contribution in [0.15, 0.2) is 30.3 Å². The molecule has 6 amide bonds. The number of carbonyl (C=O) groups excluding carboxylic acids is 6. The molecule has 1 aliphatic rings. The van der Waals surface area contributed by atoms with Crippen LogP contribution in [0.5, 0.6) is 11.5 Å². The van der Waals surface area contributed by atoms with Crippen LogP contribution in [0.2, 0.25) is 0 Å². The number of carbonyl (C=O) groups is 7. The Morgan fingerprint density at radius 3 is 2.13 bits per heavy atom. The molecule has 20 nitrogen and oxygen atoms in total. The molecule has 1 heterocycles. The first-order valence-electron chi connectivity index (χ1n) is 21.1. The van der Waals surface area contributed by atoms with Crippen LogP contribution >= 0.6 is 0 Å². The van der Waals surface area contributed by atoms with E-state index in [4.69, 9.17) is 0 Å². The van der Waals surface area contributed by atoms with Gasteiger partial charge in [0.25, 0.3) is 0 Å². The summed E-state index contributed by atoms with van der Waals surface area (Å²) < 4.78 is 0. The van der Waals surface area contributed by atoms with Crippen molar-refractivity contribution in [3.8, 4) is 22.6 Å². The smallest absolute Gasteiger partial charge is 0.326 e. The second-order valence-corrected chi connectivity index (χ2v) is 16.1. The number of aromatic hydroxyl groups is 2. The van der Waals surface area contributed by atoms with E-state index in [0.29, 0.717) is 6.42 Å². The van der Waals surface area contributed by atoms with Crippen molar-refractivity contribution in [2.75, 3.05) is 32.5 Å². The molecule has 348 valence electrons. The standard InChI is InChI=1S/C43H63N7O13/c1-7-24(2)14-12-10-8-9-11-13-15-35(53)48(5)33(23-51)41(58)45-25(3)39(56)44-22-36(54)49(6)37-28-16-17-34(52)29(21-28)30-18-27(20-32(38(30)55)50(62)63)19-31(43(60)61)47-40(57)26(4)46-42(37)59/h16-18,20-21,24-26,31,33,37,51-52,55,62-63H,7-15,19,22-23H2,1-6H3,(H,44,56)(H,45,58)(H,46,59)(H,47,57)(H,60,61)/t24?,25-,26+,31?,33-,37?/m1/s1. The van der Waals surface area contributed by atoms with Gasteiger partial charge in [-0.2, -0.15) is 0 Å². The molecule has 0 saturated heterocycles. The minimum absolute atomic E-state index is 0.0219. The molecule has 3 rings (SSSR count). The predicted molar refractivity (Wildman–Crippen MR) is 228 cm³/mol. The van der Waals surface area contributed by atoms with Gasteiger partial charge in [0.1, 0.15) is 41.6 Å². The van der Waals surface area contributed by atoms with Crippen LogP contribution in [0, 0.1) is 5.92 Å². The van der Waals surface area contributed by atoms with Gasteiger partial charge in [0, 0.05) is 38.1 Å². The predicted octanol–water partition coefficient (Wildman–Crippen LogP) is 2.09. The van der Waals surface area contributed by atoms with Gasteiger partial charge in [-0.05, 0) is 61.6 Å². The molecule has 63 heavy (non-hydrogen) atoms. The highest BCUT2D eigenvalue weighted by Gasteiger charge is 2.34. The monoisotopic (exact) mass is 885 g/mol. The molecule has 4 bridgehead atoms. The zero-order chi connectivity index (χ0) is 47.1. The van der Waals surface area contributed by atoms with Gasteiger partial charge >= 0.3 is 5.97 Å². The second-order valence-electron chi connectivity index (χ2n) is 16.1. The maximum absolute atomic E-state index is 13.9. The van der Waals surface area contributed by atoms with E-state index in [1.54, 1.807) is 0 Å². The highest BCUT2D eigenvalue weighted by molar-refractivity contribution is 5.96. The van der Waals surface area contributed by atoms with Crippen LogP contribution in [0.3, 0.4) is 0 Å². The minimum Gasteiger partial charge on any atom is -0.507 e. The SMILES string of the molecule is CCC(C)CCCCCCCCC(=O)N(C)[C@H](CO)C(=O)N[C@H](C)C(=O)NCC(=O)N(C)C1C(=O)N[C@@H](C)C(=O)NC(C(=O)O)Cc2cc(c(O)c(N(O)O)c2)-c2cc1ccc2O.